The Morgan fingerprint density at radius 2 is 1.88 bits per heavy atom. The van der Waals surface area contributed by atoms with Gasteiger partial charge in [-0.25, -0.2) is 4.98 Å². The third-order valence-corrected chi connectivity index (χ3v) is 4.22. The fourth-order valence-electron chi connectivity index (χ4n) is 3.17. The van der Waals surface area contributed by atoms with Crippen LogP contribution < -0.4 is 15.2 Å². The van der Waals surface area contributed by atoms with Crippen LogP contribution in [-0.2, 0) is 0 Å². The van der Waals surface area contributed by atoms with Crippen molar-refractivity contribution >= 4 is 22.4 Å². The zero-order chi connectivity index (χ0) is 17.6. The average molecular weight is 334 g/mol. The fraction of sp³-hybridized carbons (Fsp3) is 0.158. The normalized spacial score (nSPS) is 11.2. The lowest BCUT2D eigenvalue weighted by molar-refractivity contribution is 0.418. The van der Waals surface area contributed by atoms with Crippen molar-refractivity contribution in [2.75, 3.05) is 26.1 Å². The van der Waals surface area contributed by atoms with Crippen molar-refractivity contribution in [3.63, 3.8) is 0 Å². The van der Waals surface area contributed by atoms with Crippen molar-refractivity contribution in [2.45, 2.75) is 0 Å². The summed E-state index contributed by atoms with van der Waals surface area (Å²) in [6.07, 6.45) is 1.94. The van der Waals surface area contributed by atoms with E-state index in [0.29, 0.717) is 17.1 Å². The quantitative estimate of drug-likeness (QED) is 0.578. The van der Waals surface area contributed by atoms with Gasteiger partial charge in [0.05, 0.1) is 7.11 Å². The maximum absolute atomic E-state index is 12.8. The second kappa shape index (κ2) is 5.66. The van der Waals surface area contributed by atoms with Crippen LogP contribution in [0.5, 0.6) is 5.75 Å². The SMILES string of the molecule is COc1cccc2ccc(=O)n(-c3nc4ccccn4c3N(C)C)c12. The molecule has 0 saturated carbocycles. The largest absolute Gasteiger partial charge is 0.495 e. The number of para-hydroxylation sites is 1. The molecule has 3 heterocycles. The van der Waals surface area contributed by atoms with E-state index < -0.39 is 0 Å². The fourth-order valence-corrected chi connectivity index (χ4v) is 3.17. The first-order valence-electron chi connectivity index (χ1n) is 7.95. The van der Waals surface area contributed by atoms with Gasteiger partial charge < -0.3 is 9.64 Å². The Bertz CT molecular complexity index is 1140. The lowest BCUT2D eigenvalue weighted by Gasteiger charge is -2.17. The lowest BCUT2D eigenvalue weighted by Crippen LogP contribution is -2.22. The van der Waals surface area contributed by atoms with Crippen molar-refractivity contribution in [1.29, 1.82) is 0 Å². The zero-order valence-corrected chi connectivity index (χ0v) is 14.3. The van der Waals surface area contributed by atoms with Gasteiger partial charge in [0.25, 0.3) is 5.56 Å². The number of aromatic nitrogens is 3. The van der Waals surface area contributed by atoms with E-state index in [2.05, 4.69) is 0 Å². The summed E-state index contributed by atoms with van der Waals surface area (Å²) in [4.78, 5) is 19.5. The van der Waals surface area contributed by atoms with E-state index in [1.807, 2.05) is 72.1 Å². The van der Waals surface area contributed by atoms with Gasteiger partial charge in [0, 0.05) is 31.7 Å². The van der Waals surface area contributed by atoms with E-state index in [4.69, 9.17) is 9.72 Å². The molecular weight excluding hydrogens is 316 g/mol. The van der Waals surface area contributed by atoms with Crippen molar-refractivity contribution < 1.29 is 4.74 Å². The molecule has 0 unspecified atom stereocenters. The number of ether oxygens (including phenoxy) is 1. The number of anilines is 1. The number of fused-ring (bicyclic) bond motifs is 2. The van der Waals surface area contributed by atoms with Crippen molar-refractivity contribution in [3.05, 3.63) is 65.1 Å². The molecule has 4 aromatic rings. The summed E-state index contributed by atoms with van der Waals surface area (Å²) in [6.45, 7) is 0. The molecule has 6 heteroatoms. The summed E-state index contributed by atoms with van der Waals surface area (Å²) in [5.41, 5.74) is 1.34. The molecule has 1 aromatic carbocycles. The van der Waals surface area contributed by atoms with Gasteiger partial charge in [0.1, 0.15) is 16.9 Å². The molecule has 0 bridgehead atoms. The van der Waals surface area contributed by atoms with E-state index in [1.165, 1.54) is 0 Å². The molecule has 0 aliphatic carbocycles. The molecule has 0 saturated heterocycles. The number of imidazole rings is 1. The predicted octanol–water partition coefficient (Wildman–Crippen LogP) is 2.71. The first kappa shape index (κ1) is 15.3. The highest BCUT2D eigenvalue weighted by molar-refractivity contribution is 5.87. The van der Waals surface area contributed by atoms with Crippen LogP contribution >= 0.6 is 0 Å². The molecule has 0 amide bonds. The topological polar surface area (TPSA) is 51.8 Å². The number of pyridine rings is 2. The Morgan fingerprint density at radius 1 is 1.04 bits per heavy atom. The summed E-state index contributed by atoms with van der Waals surface area (Å²) in [7, 11) is 5.48. The second-order valence-electron chi connectivity index (χ2n) is 5.99. The molecule has 0 atom stereocenters. The lowest BCUT2D eigenvalue weighted by atomic mass is 10.2. The molecule has 0 fully saturated rings. The maximum Gasteiger partial charge on any atom is 0.257 e. The number of methoxy groups -OCH3 is 1. The zero-order valence-electron chi connectivity index (χ0n) is 14.3. The molecule has 0 N–H and O–H groups in total. The van der Waals surface area contributed by atoms with Gasteiger partial charge in [-0.15, -0.1) is 0 Å². The Hall–Kier alpha value is -3.28. The van der Waals surface area contributed by atoms with Gasteiger partial charge in [-0.1, -0.05) is 18.2 Å². The van der Waals surface area contributed by atoms with Gasteiger partial charge in [-0.2, -0.15) is 0 Å². The Morgan fingerprint density at radius 3 is 2.64 bits per heavy atom. The van der Waals surface area contributed by atoms with Crippen LogP contribution in [0.3, 0.4) is 0 Å². The summed E-state index contributed by atoms with van der Waals surface area (Å²) >= 11 is 0. The molecule has 0 radical (unpaired) electrons. The highest BCUT2D eigenvalue weighted by atomic mass is 16.5. The van der Waals surface area contributed by atoms with E-state index >= 15 is 0 Å². The predicted molar refractivity (Wildman–Crippen MR) is 99.2 cm³/mol. The Labute approximate surface area is 144 Å². The van der Waals surface area contributed by atoms with Crippen LogP contribution in [-0.4, -0.2) is 35.2 Å². The average Bonchev–Trinajstić information content (AvgIpc) is 3.00. The molecule has 4 rings (SSSR count). The molecule has 0 aliphatic rings. The third-order valence-electron chi connectivity index (χ3n) is 4.22. The van der Waals surface area contributed by atoms with Gasteiger partial charge in [0.2, 0.25) is 0 Å². The monoisotopic (exact) mass is 334 g/mol. The van der Waals surface area contributed by atoms with Gasteiger partial charge in [-0.05, 0) is 24.3 Å². The van der Waals surface area contributed by atoms with E-state index in [0.717, 1.165) is 16.9 Å². The molecule has 126 valence electrons. The minimum atomic E-state index is -0.150. The number of rotatable bonds is 3. The van der Waals surface area contributed by atoms with E-state index in [-0.39, 0.29) is 5.56 Å². The summed E-state index contributed by atoms with van der Waals surface area (Å²) in [5, 5.41) is 0.917. The van der Waals surface area contributed by atoms with Crippen LogP contribution in [0.2, 0.25) is 0 Å². The summed E-state index contributed by atoms with van der Waals surface area (Å²) in [5.74, 6) is 2.05. The van der Waals surface area contributed by atoms with Crippen molar-refractivity contribution in [2.24, 2.45) is 0 Å². The number of hydrogen-bond donors (Lipinski definition) is 0. The van der Waals surface area contributed by atoms with Crippen LogP contribution in [0.1, 0.15) is 0 Å². The minimum absolute atomic E-state index is 0.150. The van der Waals surface area contributed by atoms with E-state index in [9.17, 15) is 4.79 Å². The molecule has 0 spiro atoms. The van der Waals surface area contributed by atoms with Gasteiger partial charge in [-0.3, -0.25) is 13.8 Å². The van der Waals surface area contributed by atoms with Crippen molar-refractivity contribution in [1.82, 2.24) is 14.0 Å². The number of benzene rings is 1. The molecule has 3 aromatic heterocycles. The number of hydrogen-bond acceptors (Lipinski definition) is 4. The third kappa shape index (κ3) is 2.26. The van der Waals surface area contributed by atoms with Gasteiger partial charge >= 0.3 is 0 Å². The smallest absolute Gasteiger partial charge is 0.257 e. The highest BCUT2D eigenvalue weighted by Gasteiger charge is 2.19. The first-order valence-corrected chi connectivity index (χ1v) is 7.95. The van der Waals surface area contributed by atoms with E-state index in [1.54, 1.807) is 17.7 Å². The summed E-state index contributed by atoms with van der Waals surface area (Å²) < 4.78 is 9.10. The molecular formula is C19H18N4O2. The van der Waals surface area contributed by atoms with Crippen LogP contribution in [0.15, 0.2) is 59.5 Å². The second-order valence-corrected chi connectivity index (χ2v) is 5.99. The first-order chi connectivity index (χ1) is 12.1. The van der Waals surface area contributed by atoms with Crippen molar-refractivity contribution in [3.8, 4) is 11.6 Å². The van der Waals surface area contributed by atoms with Crippen LogP contribution in [0, 0.1) is 0 Å². The Balaban J connectivity index is 2.20. The Kier molecular flexibility index (Phi) is 3.46. The maximum atomic E-state index is 12.8. The molecule has 6 nitrogen and oxygen atoms in total. The minimum Gasteiger partial charge on any atom is -0.495 e. The van der Waals surface area contributed by atoms with Crippen LogP contribution in [0.25, 0.3) is 22.4 Å². The molecule has 0 aliphatic heterocycles. The molecule has 25 heavy (non-hydrogen) atoms. The number of nitrogens with zero attached hydrogens (tertiary/aromatic N) is 4. The van der Waals surface area contributed by atoms with Gasteiger partial charge in [0.15, 0.2) is 11.6 Å². The standard InChI is InChI=1S/C19H18N4O2/c1-21(2)19-18(20-15-9-4-5-12-22(15)19)23-16(24)11-10-13-7-6-8-14(25-3)17(13)23/h4-12H,1-3H3. The van der Waals surface area contributed by atoms with Crippen LogP contribution in [0.4, 0.5) is 5.82 Å². The highest BCUT2D eigenvalue weighted by Crippen LogP contribution is 2.30. The summed E-state index contributed by atoms with van der Waals surface area (Å²) in [6, 6.07) is 14.9.